The van der Waals surface area contributed by atoms with E-state index < -0.39 is 0 Å². The van der Waals surface area contributed by atoms with Gasteiger partial charge in [0.2, 0.25) is 5.91 Å². The molecule has 0 saturated carbocycles. The third-order valence-corrected chi connectivity index (χ3v) is 4.57. The van der Waals surface area contributed by atoms with E-state index in [0.717, 1.165) is 5.56 Å². The quantitative estimate of drug-likeness (QED) is 0.878. The highest BCUT2D eigenvalue weighted by Gasteiger charge is 2.31. The maximum Gasteiger partial charge on any atom is 0.266 e. The van der Waals surface area contributed by atoms with E-state index in [9.17, 15) is 9.59 Å². The molecule has 0 spiro atoms. The van der Waals surface area contributed by atoms with Gasteiger partial charge < -0.3 is 10.2 Å². The zero-order valence-corrected chi connectivity index (χ0v) is 13.0. The molecular weight excluding hydrogens is 300 g/mol. The van der Waals surface area contributed by atoms with Crippen LogP contribution in [0.25, 0.3) is 0 Å². The van der Waals surface area contributed by atoms with Crippen LogP contribution in [0.5, 0.6) is 0 Å². The van der Waals surface area contributed by atoms with Crippen molar-refractivity contribution >= 4 is 29.0 Å². The van der Waals surface area contributed by atoms with Gasteiger partial charge in [0, 0.05) is 25.4 Å². The minimum absolute atomic E-state index is 0.0648. The van der Waals surface area contributed by atoms with Crippen molar-refractivity contribution in [1.82, 2.24) is 14.7 Å². The van der Waals surface area contributed by atoms with Gasteiger partial charge in [-0.1, -0.05) is 6.58 Å². The Hall–Kier alpha value is -2.41. The second kappa shape index (κ2) is 5.76. The van der Waals surface area contributed by atoms with Gasteiger partial charge >= 0.3 is 0 Å². The van der Waals surface area contributed by atoms with E-state index in [1.165, 1.54) is 17.4 Å². The Labute approximate surface area is 132 Å². The Bertz CT molecular complexity index is 727. The molecule has 2 amide bonds. The Morgan fingerprint density at radius 2 is 2.27 bits per heavy atom. The van der Waals surface area contributed by atoms with Crippen molar-refractivity contribution in [1.29, 1.82) is 0 Å². The zero-order chi connectivity index (χ0) is 15.7. The number of likely N-dealkylation sites (tertiary alicyclic amines) is 1. The van der Waals surface area contributed by atoms with Crippen LogP contribution in [-0.4, -0.2) is 39.6 Å². The molecule has 1 fully saturated rings. The molecule has 7 heteroatoms. The summed E-state index contributed by atoms with van der Waals surface area (Å²) in [6, 6.07) is 3.76. The molecule has 0 unspecified atom stereocenters. The molecule has 1 N–H and O–H groups in total. The van der Waals surface area contributed by atoms with Gasteiger partial charge in [0.25, 0.3) is 5.91 Å². The van der Waals surface area contributed by atoms with Gasteiger partial charge in [-0.15, -0.1) is 11.3 Å². The first-order chi connectivity index (χ1) is 10.6. The monoisotopic (exact) mass is 316 g/mol. The molecule has 3 heterocycles. The predicted octanol–water partition coefficient (Wildman–Crippen LogP) is 2.07. The predicted molar refractivity (Wildman–Crippen MR) is 85.1 cm³/mol. The van der Waals surface area contributed by atoms with Crippen molar-refractivity contribution in [2.45, 2.75) is 13.0 Å². The summed E-state index contributed by atoms with van der Waals surface area (Å²) in [5.74, 6) is 0.301. The van der Waals surface area contributed by atoms with E-state index >= 15 is 0 Å². The smallest absolute Gasteiger partial charge is 0.266 e. The van der Waals surface area contributed by atoms with Gasteiger partial charge in [0.15, 0.2) is 5.82 Å². The number of aromatic nitrogens is 2. The van der Waals surface area contributed by atoms with Crippen LogP contribution in [0.15, 0.2) is 36.4 Å². The molecule has 2 aromatic heterocycles. The summed E-state index contributed by atoms with van der Waals surface area (Å²) in [5.41, 5.74) is 1.07. The number of hydrogen-bond donors (Lipinski definition) is 1. The number of thiophene rings is 1. The van der Waals surface area contributed by atoms with Crippen molar-refractivity contribution in [2.75, 3.05) is 18.4 Å². The summed E-state index contributed by atoms with van der Waals surface area (Å²) < 4.78 is 1.78. The first kappa shape index (κ1) is 14.5. The summed E-state index contributed by atoms with van der Waals surface area (Å²) in [6.07, 6.45) is 3.13. The summed E-state index contributed by atoms with van der Waals surface area (Å²) in [6.45, 7) is 6.65. The number of carbonyl (C=O) groups is 2. The fourth-order valence-corrected chi connectivity index (χ4v) is 3.06. The van der Waals surface area contributed by atoms with Crippen LogP contribution in [-0.2, 0) is 4.79 Å². The first-order valence-electron chi connectivity index (χ1n) is 6.90. The van der Waals surface area contributed by atoms with Gasteiger partial charge in [0.05, 0.1) is 10.9 Å². The number of anilines is 1. The Balaban J connectivity index is 1.59. The fourth-order valence-electron chi connectivity index (χ4n) is 2.27. The van der Waals surface area contributed by atoms with Crippen LogP contribution in [0.3, 0.4) is 0 Å². The largest absolute Gasteiger partial charge is 0.335 e. The number of rotatable bonds is 4. The van der Waals surface area contributed by atoms with Gasteiger partial charge in [-0.25, -0.2) is 0 Å². The number of amides is 2. The van der Waals surface area contributed by atoms with E-state index in [-0.39, 0.29) is 17.9 Å². The highest BCUT2D eigenvalue weighted by atomic mass is 32.1. The molecule has 2 aromatic rings. The Kier molecular flexibility index (Phi) is 3.81. The average molecular weight is 316 g/mol. The van der Waals surface area contributed by atoms with Crippen molar-refractivity contribution < 1.29 is 9.59 Å². The molecule has 114 valence electrons. The van der Waals surface area contributed by atoms with Crippen LogP contribution in [0.4, 0.5) is 5.82 Å². The van der Waals surface area contributed by atoms with Gasteiger partial charge in [-0.2, -0.15) is 5.10 Å². The third-order valence-electron chi connectivity index (χ3n) is 3.53. The molecule has 0 bridgehead atoms. The molecule has 0 aromatic carbocycles. The van der Waals surface area contributed by atoms with Crippen LogP contribution in [0.1, 0.15) is 21.3 Å². The van der Waals surface area contributed by atoms with E-state index in [4.69, 9.17) is 0 Å². The normalized spacial score (nSPS) is 14.5. The van der Waals surface area contributed by atoms with Crippen molar-refractivity contribution in [2.24, 2.45) is 0 Å². The minimum atomic E-state index is -0.152. The second-order valence-electron chi connectivity index (χ2n) is 5.22. The highest BCUT2D eigenvalue weighted by molar-refractivity contribution is 7.12. The van der Waals surface area contributed by atoms with E-state index in [0.29, 0.717) is 23.8 Å². The number of carbonyl (C=O) groups excluding carboxylic acids is 2. The molecule has 22 heavy (non-hydrogen) atoms. The van der Waals surface area contributed by atoms with Gasteiger partial charge in [0.1, 0.15) is 0 Å². The maximum atomic E-state index is 12.1. The molecule has 1 saturated heterocycles. The van der Waals surface area contributed by atoms with Crippen molar-refractivity contribution in [3.8, 4) is 0 Å². The van der Waals surface area contributed by atoms with Crippen LogP contribution in [0.2, 0.25) is 0 Å². The Morgan fingerprint density at radius 1 is 1.50 bits per heavy atom. The molecular formula is C15H16N4O2S. The number of nitrogens with one attached hydrogen (secondary N) is 1. The molecule has 6 nitrogen and oxygen atoms in total. The molecule has 1 aliphatic heterocycles. The maximum absolute atomic E-state index is 12.1. The number of aryl methyl sites for hydroxylation is 1. The first-order valence-corrected chi connectivity index (χ1v) is 7.78. The van der Waals surface area contributed by atoms with E-state index in [1.54, 1.807) is 15.6 Å². The lowest BCUT2D eigenvalue weighted by Crippen LogP contribution is -2.50. The molecule has 1 aliphatic rings. The molecule has 0 atom stereocenters. The lowest BCUT2D eigenvalue weighted by Gasteiger charge is -2.38. The summed E-state index contributed by atoms with van der Waals surface area (Å²) in [7, 11) is 0. The topological polar surface area (TPSA) is 67.2 Å². The number of hydrogen-bond acceptors (Lipinski definition) is 4. The molecule has 0 radical (unpaired) electrons. The minimum Gasteiger partial charge on any atom is -0.335 e. The highest BCUT2D eigenvalue weighted by Crippen LogP contribution is 2.22. The van der Waals surface area contributed by atoms with Gasteiger partial charge in [-0.3, -0.25) is 14.3 Å². The van der Waals surface area contributed by atoms with Crippen LogP contribution in [0, 0.1) is 6.92 Å². The molecule has 0 aliphatic carbocycles. The third kappa shape index (κ3) is 2.80. The number of nitrogens with zero attached hydrogens (tertiary/aromatic N) is 3. The SMILES string of the molecule is C=CC(=O)N1CC(n2ccc(NC(=O)c3cc(C)cs3)n2)C1. The lowest BCUT2D eigenvalue weighted by atomic mass is 10.1. The van der Waals surface area contributed by atoms with Crippen LogP contribution >= 0.6 is 11.3 Å². The van der Waals surface area contributed by atoms with E-state index in [2.05, 4.69) is 17.0 Å². The summed E-state index contributed by atoms with van der Waals surface area (Å²) in [5, 5.41) is 9.07. The summed E-state index contributed by atoms with van der Waals surface area (Å²) >= 11 is 1.41. The molecule has 3 rings (SSSR count). The average Bonchev–Trinajstić information content (AvgIpc) is 3.06. The van der Waals surface area contributed by atoms with Gasteiger partial charge in [-0.05, 0) is 30.0 Å². The standard InChI is InChI=1S/C15H16N4O2S/c1-3-14(20)18-7-11(8-18)19-5-4-13(17-19)16-15(21)12-6-10(2)9-22-12/h3-6,9,11H,1,7-8H2,2H3,(H,16,17,21). The Morgan fingerprint density at radius 3 is 2.91 bits per heavy atom. The second-order valence-corrected chi connectivity index (χ2v) is 6.14. The van der Waals surface area contributed by atoms with E-state index in [1.807, 2.05) is 24.6 Å². The fraction of sp³-hybridized carbons (Fsp3) is 0.267. The lowest BCUT2D eigenvalue weighted by molar-refractivity contribution is -0.131. The van der Waals surface area contributed by atoms with Crippen molar-refractivity contribution in [3.63, 3.8) is 0 Å². The summed E-state index contributed by atoms with van der Waals surface area (Å²) in [4.78, 5) is 25.8. The zero-order valence-electron chi connectivity index (χ0n) is 12.2. The van der Waals surface area contributed by atoms with Crippen molar-refractivity contribution in [3.05, 3.63) is 46.8 Å². The van der Waals surface area contributed by atoms with Crippen LogP contribution < -0.4 is 5.32 Å².